The van der Waals surface area contributed by atoms with Gasteiger partial charge in [0.25, 0.3) is 0 Å². The lowest BCUT2D eigenvalue weighted by Crippen LogP contribution is -2.04. The second-order valence-corrected chi connectivity index (χ2v) is 5.78. The van der Waals surface area contributed by atoms with Crippen LogP contribution in [0.15, 0.2) is 45.3 Å². The molecule has 0 radical (unpaired) electrons. The highest BCUT2D eigenvalue weighted by Gasteiger charge is 2.13. The van der Waals surface area contributed by atoms with Gasteiger partial charge in [0, 0.05) is 20.1 Å². The number of hydrogen-bond acceptors (Lipinski definition) is 1. The van der Waals surface area contributed by atoms with Crippen molar-refractivity contribution in [2.24, 2.45) is 0 Å². The molecule has 0 aromatic heterocycles. The molecular formula is C14H9Br2FO. The molecule has 2 rings (SSSR count). The molecule has 1 nitrogen and oxygen atoms in total. The lowest BCUT2D eigenvalue weighted by molar-refractivity contribution is 0.103. The quantitative estimate of drug-likeness (QED) is 0.687. The number of carbonyl (C=O) groups is 1. The van der Waals surface area contributed by atoms with Crippen molar-refractivity contribution in [1.82, 2.24) is 0 Å². The van der Waals surface area contributed by atoms with Gasteiger partial charge >= 0.3 is 0 Å². The molecule has 0 N–H and O–H groups in total. The molecule has 4 heteroatoms. The number of carbonyl (C=O) groups excluding carboxylic acids is 1. The molecule has 2 aromatic carbocycles. The molecule has 2 aromatic rings. The van der Waals surface area contributed by atoms with Crippen LogP contribution in [-0.4, -0.2) is 5.78 Å². The average Bonchev–Trinajstić information content (AvgIpc) is 2.26. The summed E-state index contributed by atoms with van der Waals surface area (Å²) in [6, 6.07) is 9.52. The molecule has 0 unspecified atom stereocenters. The lowest BCUT2D eigenvalue weighted by atomic mass is 9.99. The maximum absolute atomic E-state index is 13.0. The molecule has 0 saturated heterocycles. The van der Waals surface area contributed by atoms with E-state index in [1.165, 1.54) is 18.2 Å². The first kappa shape index (κ1) is 13.4. The van der Waals surface area contributed by atoms with Crippen LogP contribution in [0.2, 0.25) is 0 Å². The van der Waals surface area contributed by atoms with Crippen molar-refractivity contribution < 1.29 is 9.18 Å². The van der Waals surface area contributed by atoms with E-state index in [0.29, 0.717) is 16.7 Å². The van der Waals surface area contributed by atoms with E-state index in [-0.39, 0.29) is 11.6 Å². The summed E-state index contributed by atoms with van der Waals surface area (Å²) in [4.78, 5) is 12.3. The predicted octanol–water partition coefficient (Wildman–Crippen LogP) is 4.89. The molecule has 92 valence electrons. The standard InChI is InChI=1S/C14H9Br2FO/c1-8-4-12(17)2-3-13(8)14(18)9-5-10(15)7-11(16)6-9/h2-7H,1H3. The molecular weight excluding hydrogens is 363 g/mol. The second kappa shape index (κ2) is 5.33. The first-order valence-electron chi connectivity index (χ1n) is 5.24. The van der Waals surface area contributed by atoms with Gasteiger partial charge in [-0.2, -0.15) is 0 Å². The molecule has 0 heterocycles. The minimum Gasteiger partial charge on any atom is -0.289 e. The highest BCUT2D eigenvalue weighted by Crippen LogP contribution is 2.23. The Hall–Kier alpha value is -1.000. The monoisotopic (exact) mass is 370 g/mol. The number of hydrogen-bond donors (Lipinski definition) is 0. The third kappa shape index (κ3) is 2.87. The van der Waals surface area contributed by atoms with E-state index in [2.05, 4.69) is 31.9 Å². The Bertz CT molecular complexity index is 603. The van der Waals surface area contributed by atoms with Gasteiger partial charge in [0.2, 0.25) is 0 Å². The fourth-order valence-electron chi connectivity index (χ4n) is 1.72. The second-order valence-electron chi connectivity index (χ2n) is 3.95. The molecule has 0 bridgehead atoms. The van der Waals surface area contributed by atoms with Crippen LogP contribution < -0.4 is 0 Å². The molecule has 0 aliphatic heterocycles. The number of halogens is 3. The Labute approximate surface area is 121 Å². The van der Waals surface area contributed by atoms with Crippen molar-refractivity contribution in [3.8, 4) is 0 Å². The maximum atomic E-state index is 13.0. The predicted molar refractivity (Wildman–Crippen MR) is 76.4 cm³/mol. The first-order valence-corrected chi connectivity index (χ1v) is 6.83. The summed E-state index contributed by atoms with van der Waals surface area (Å²) in [7, 11) is 0. The van der Waals surface area contributed by atoms with Crippen LogP contribution in [0, 0.1) is 12.7 Å². The third-order valence-electron chi connectivity index (χ3n) is 2.56. The minimum absolute atomic E-state index is 0.116. The Morgan fingerprint density at radius 1 is 1.06 bits per heavy atom. The maximum Gasteiger partial charge on any atom is 0.193 e. The molecule has 0 atom stereocenters. The van der Waals surface area contributed by atoms with E-state index in [1.807, 2.05) is 6.07 Å². The van der Waals surface area contributed by atoms with Gasteiger partial charge in [-0.1, -0.05) is 31.9 Å². The summed E-state index contributed by atoms with van der Waals surface area (Å²) in [5, 5.41) is 0. The van der Waals surface area contributed by atoms with E-state index in [4.69, 9.17) is 0 Å². The van der Waals surface area contributed by atoms with Crippen molar-refractivity contribution in [3.05, 3.63) is 67.9 Å². The fraction of sp³-hybridized carbons (Fsp3) is 0.0714. The van der Waals surface area contributed by atoms with Crippen LogP contribution in [0.1, 0.15) is 21.5 Å². The van der Waals surface area contributed by atoms with Crippen LogP contribution in [0.5, 0.6) is 0 Å². The van der Waals surface area contributed by atoms with Gasteiger partial charge < -0.3 is 0 Å². The van der Waals surface area contributed by atoms with Crippen LogP contribution in [-0.2, 0) is 0 Å². The number of ketones is 1. The average molecular weight is 372 g/mol. The van der Waals surface area contributed by atoms with E-state index in [9.17, 15) is 9.18 Å². The highest BCUT2D eigenvalue weighted by atomic mass is 79.9. The molecule has 0 fully saturated rings. The Morgan fingerprint density at radius 2 is 1.67 bits per heavy atom. The number of rotatable bonds is 2. The van der Waals surface area contributed by atoms with Crippen LogP contribution in [0.4, 0.5) is 4.39 Å². The van der Waals surface area contributed by atoms with Gasteiger partial charge in [0.1, 0.15) is 5.82 Å². The van der Waals surface area contributed by atoms with Crippen LogP contribution >= 0.6 is 31.9 Å². The van der Waals surface area contributed by atoms with Gasteiger partial charge in [0.05, 0.1) is 0 Å². The normalized spacial score (nSPS) is 10.4. The molecule has 0 amide bonds. The van der Waals surface area contributed by atoms with E-state index in [0.717, 1.165) is 8.95 Å². The summed E-state index contributed by atoms with van der Waals surface area (Å²) in [6.07, 6.45) is 0. The Kier molecular flexibility index (Phi) is 3.97. The van der Waals surface area contributed by atoms with E-state index < -0.39 is 0 Å². The Morgan fingerprint density at radius 3 is 2.22 bits per heavy atom. The smallest absolute Gasteiger partial charge is 0.193 e. The number of benzene rings is 2. The summed E-state index contributed by atoms with van der Waals surface area (Å²) in [5.74, 6) is -0.450. The fourth-order valence-corrected chi connectivity index (χ4v) is 3.02. The van der Waals surface area contributed by atoms with Crippen molar-refractivity contribution in [3.63, 3.8) is 0 Å². The zero-order valence-corrected chi connectivity index (χ0v) is 12.7. The van der Waals surface area contributed by atoms with Crippen molar-refractivity contribution in [1.29, 1.82) is 0 Å². The zero-order valence-electron chi connectivity index (χ0n) is 9.51. The zero-order chi connectivity index (χ0) is 13.3. The highest BCUT2D eigenvalue weighted by molar-refractivity contribution is 9.11. The number of aryl methyl sites for hydroxylation is 1. The minimum atomic E-state index is -0.334. The third-order valence-corrected chi connectivity index (χ3v) is 3.47. The molecule has 0 saturated carbocycles. The Balaban J connectivity index is 2.47. The summed E-state index contributed by atoms with van der Waals surface area (Å²) < 4.78 is 14.7. The molecule has 0 spiro atoms. The largest absolute Gasteiger partial charge is 0.289 e. The lowest BCUT2D eigenvalue weighted by Gasteiger charge is -2.06. The van der Waals surface area contributed by atoms with Gasteiger partial charge in [-0.05, 0) is 48.9 Å². The summed E-state index contributed by atoms with van der Waals surface area (Å²) >= 11 is 6.68. The summed E-state index contributed by atoms with van der Waals surface area (Å²) in [5.41, 5.74) is 1.71. The first-order chi connectivity index (χ1) is 8.47. The van der Waals surface area contributed by atoms with Crippen molar-refractivity contribution in [2.75, 3.05) is 0 Å². The van der Waals surface area contributed by atoms with E-state index in [1.54, 1.807) is 19.1 Å². The summed E-state index contributed by atoms with van der Waals surface area (Å²) in [6.45, 7) is 1.73. The molecule has 0 aliphatic rings. The molecule has 0 aliphatic carbocycles. The topological polar surface area (TPSA) is 17.1 Å². The van der Waals surface area contributed by atoms with Gasteiger partial charge in [-0.25, -0.2) is 4.39 Å². The van der Waals surface area contributed by atoms with Crippen LogP contribution in [0.3, 0.4) is 0 Å². The SMILES string of the molecule is Cc1cc(F)ccc1C(=O)c1cc(Br)cc(Br)c1. The van der Waals surface area contributed by atoms with Gasteiger partial charge in [0.15, 0.2) is 5.78 Å². The van der Waals surface area contributed by atoms with Gasteiger partial charge in [-0.15, -0.1) is 0 Å². The van der Waals surface area contributed by atoms with E-state index >= 15 is 0 Å². The molecule has 18 heavy (non-hydrogen) atoms. The van der Waals surface area contributed by atoms with Crippen LogP contribution in [0.25, 0.3) is 0 Å². The van der Waals surface area contributed by atoms with Gasteiger partial charge in [-0.3, -0.25) is 4.79 Å². The van der Waals surface area contributed by atoms with Crippen molar-refractivity contribution in [2.45, 2.75) is 6.92 Å². The van der Waals surface area contributed by atoms with Crippen molar-refractivity contribution >= 4 is 37.6 Å².